The molecule has 3 nitrogen and oxygen atoms in total. The lowest BCUT2D eigenvalue weighted by Gasteiger charge is -2.19. The first-order chi connectivity index (χ1) is 9.31. The van der Waals surface area contributed by atoms with E-state index in [1.54, 1.807) is 0 Å². The third-order valence-corrected chi connectivity index (χ3v) is 3.77. The summed E-state index contributed by atoms with van der Waals surface area (Å²) in [5, 5.41) is 0. The van der Waals surface area contributed by atoms with E-state index in [1.807, 2.05) is 12.3 Å². The van der Waals surface area contributed by atoms with Gasteiger partial charge >= 0.3 is 0 Å². The van der Waals surface area contributed by atoms with E-state index in [0.717, 1.165) is 32.5 Å². The summed E-state index contributed by atoms with van der Waals surface area (Å²) in [5.74, 6) is 0.590. The molecular weight excluding hydrogens is 234 g/mol. The van der Waals surface area contributed by atoms with E-state index in [4.69, 9.17) is 5.73 Å². The molecule has 0 saturated heterocycles. The molecule has 3 heteroatoms. The molecule has 3 rings (SSSR count). The van der Waals surface area contributed by atoms with Crippen molar-refractivity contribution < 1.29 is 0 Å². The Kier molecular flexibility index (Phi) is 3.47. The molecule has 1 aliphatic rings. The number of anilines is 1. The van der Waals surface area contributed by atoms with Gasteiger partial charge in [0.15, 0.2) is 0 Å². The van der Waals surface area contributed by atoms with Crippen LogP contribution in [0.1, 0.15) is 16.7 Å². The molecule has 1 aromatic heterocycles. The number of hydrogen-bond acceptors (Lipinski definition) is 3. The molecule has 0 fully saturated rings. The normalized spacial score (nSPS) is 15.8. The molecule has 0 saturated carbocycles. The van der Waals surface area contributed by atoms with Gasteiger partial charge in [-0.05, 0) is 35.6 Å². The highest BCUT2D eigenvalue weighted by Gasteiger charge is 2.13. The van der Waals surface area contributed by atoms with Crippen LogP contribution in [0.15, 0.2) is 42.6 Å². The third-order valence-electron chi connectivity index (χ3n) is 3.77. The van der Waals surface area contributed by atoms with Crippen LogP contribution in [0.2, 0.25) is 0 Å². The van der Waals surface area contributed by atoms with Crippen molar-refractivity contribution in [2.75, 3.05) is 18.8 Å². The van der Waals surface area contributed by atoms with Crippen molar-refractivity contribution in [2.24, 2.45) is 0 Å². The molecule has 0 bridgehead atoms. The van der Waals surface area contributed by atoms with Crippen LogP contribution < -0.4 is 5.73 Å². The quantitative estimate of drug-likeness (QED) is 0.892. The predicted octanol–water partition coefficient (Wildman–Crippen LogP) is 2.26. The fraction of sp³-hybridized carbons (Fsp3) is 0.312. The standard InChI is InChI=1S/C16H19N3/c17-16-6-5-13(11-18-16)12-19-9-7-14-3-1-2-4-15(14)8-10-19/h1-6,11H,7-10,12H2,(H2,17,18). The number of benzene rings is 1. The Bertz CT molecular complexity index is 521. The molecule has 0 spiro atoms. The van der Waals surface area contributed by atoms with Gasteiger partial charge in [-0.2, -0.15) is 0 Å². The molecule has 0 radical (unpaired) electrons. The van der Waals surface area contributed by atoms with Gasteiger partial charge in [0.2, 0.25) is 0 Å². The third kappa shape index (κ3) is 2.93. The minimum absolute atomic E-state index is 0.590. The monoisotopic (exact) mass is 253 g/mol. The van der Waals surface area contributed by atoms with Crippen molar-refractivity contribution in [1.29, 1.82) is 0 Å². The van der Waals surface area contributed by atoms with E-state index in [1.165, 1.54) is 16.7 Å². The minimum atomic E-state index is 0.590. The van der Waals surface area contributed by atoms with Crippen molar-refractivity contribution in [3.63, 3.8) is 0 Å². The Balaban J connectivity index is 1.67. The van der Waals surface area contributed by atoms with Gasteiger partial charge in [-0.1, -0.05) is 30.3 Å². The smallest absolute Gasteiger partial charge is 0.123 e. The molecule has 0 atom stereocenters. The fourth-order valence-corrected chi connectivity index (χ4v) is 2.66. The summed E-state index contributed by atoms with van der Waals surface area (Å²) in [6, 6.07) is 12.7. The first kappa shape index (κ1) is 12.2. The summed E-state index contributed by atoms with van der Waals surface area (Å²) in [5.41, 5.74) is 9.85. The van der Waals surface area contributed by atoms with Crippen molar-refractivity contribution in [1.82, 2.24) is 9.88 Å². The second kappa shape index (κ2) is 5.41. The second-order valence-electron chi connectivity index (χ2n) is 5.14. The maximum atomic E-state index is 5.62. The van der Waals surface area contributed by atoms with Gasteiger partial charge in [0, 0.05) is 25.8 Å². The largest absolute Gasteiger partial charge is 0.384 e. The van der Waals surface area contributed by atoms with Crippen molar-refractivity contribution in [2.45, 2.75) is 19.4 Å². The average Bonchev–Trinajstić information content (AvgIpc) is 2.64. The molecule has 19 heavy (non-hydrogen) atoms. The molecule has 98 valence electrons. The number of fused-ring (bicyclic) bond motifs is 1. The minimum Gasteiger partial charge on any atom is -0.384 e. The summed E-state index contributed by atoms with van der Waals surface area (Å²) in [6.45, 7) is 3.18. The zero-order chi connectivity index (χ0) is 13.1. The highest BCUT2D eigenvalue weighted by Crippen LogP contribution is 2.17. The molecule has 2 N–H and O–H groups in total. The van der Waals surface area contributed by atoms with E-state index in [2.05, 4.69) is 40.2 Å². The highest BCUT2D eigenvalue weighted by molar-refractivity contribution is 5.30. The topological polar surface area (TPSA) is 42.1 Å². The fourth-order valence-electron chi connectivity index (χ4n) is 2.66. The Morgan fingerprint density at radius 3 is 2.26 bits per heavy atom. The average molecular weight is 253 g/mol. The number of aromatic nitrogens is 1. The van der Waals surface area contributed by atoms with Gasteiger partial charge in [-0.3, -0.25) is 4.90 Å². The lowest BCUT2D eigenvalue weighted by Crippen LogP contribution is -2.26. The zero-order valence-electron chi connectivity index (χ0n) is 11.0. The van der Waals surface area contributed by atoms with Gasteiger partial charge in [0.1, 0.15) is 5.82 Å². The van der Waals surface area contributed by atoms with E-state index in [9.17, 15) is 0 Å². The maximum absolute atomic E-state index is 5.62. The Morgan fingerprint density at radius 1 is 1.00 bits per heavy atom. The summed E-state index contributed by atoms with van der Waals surface area (Å²) in [7, 11) is 0. The van der Waals surface area contributed by atoms with Crippen molar-refractivity contribution in [3.8, 4) is 0 Å². The summed E-state index contributed by atoms with van der Waals surface area (Å²) in [4.78, 5) is 6.65. The van der Waals surface area contributed by atoms with Crippen LogP contribution in [0.5, 0.6) is 0 Å². The molecule has 2 heterocycles. The lowest BCUT2D eigenvalue weighted by atomic mass is 10.0. The van der Waals surface area contributed by atoms with Crippen LogP contribution in [0.3, 0.4) is 0 Å². The zero-order valence-corrected chi connectivity index (χ0v) is 11.0. The summed E-state index contributed by atoms with van der Waals surface area (Å²) < 4.78 is 0. The number of rotatable bonds is 2. The number of pyridine rings is 1. The van der Waals surface area contributed by atoms with Crippen LogP contribution >= 0.6 is 0 Å². The van der Waals surface area contributed by atoms with Crippen LogP contribution in [0.4, 0.5) is 5.82 Å². The van der Waals surface area contributed by atoms with Gasteiger partial charge in [0.05, 0.1) is 0 Å². The van der Waals surface area contributed by atoms with Gasteiger partial charge < -0.3 is 5.73 Å². The van der Waals surface area contributed by atoms with Crippen LogP contribution in [-0.2, 0) is 19.4 Å². The Morgan fingerprint density at radius 2 is 1.68 bits per heavy atom. The van der Waals surface area contributed by atoms with E-state index in [0.29, 0.717) is 5.82 Å². The Labute approximate surface area is 114 Å². The predicted molar refractivity (Wildman–Crippen MR) is 77.8 cm³/mol. The molecule has 2 aromatic rings. The van der Waals surface area contributed by atoms with Crippen LogP contribution in [0.25, 0.3) is 0 Å². The molecule has 1 aromatic carbocycles. The van der Waals surface area contributed by atoms with E-state index in [-0.39, 0.29) is 0 Å². The maximum Gasteiger partial charge on any atom is 0.123 e. The second-order valence-corrected chi connectivity index (χ2v) is 5.14. The van der Waals surface area contributed by atoms with Crippen molar-refractivity contribution >= 4 is 5.82 Å². The first-order valence-electron chi connectivity index (χ1n) is 6.81. The number of nitrogens with zero attached hydrogens (tertiary/aromatic N) is 2. The molecule has 0 unspecified atom stereocenters. The molecular formula is C16H19N3. The van der Waals surface area contributed by atoms with Gasteiger partial charge in [-0.15, -0.1) is 0 Å². The molecule has 0 aliphatic carbocycles. The van der Waals surface area contributed by atoms with Crippen molar-refractivity contribution in [3.05, 3.63) is 59.3 Å². The molecule has 1 aliphatic heterocycles. The number of nitrogen functional groups attached to an aromatic ring is 1. The Hall–Kier alpha value is -1.87. The highest BCUT2D eigenvalue weighted by atomic mass is 15.1. The number of nitrogens with two attached hydrogens (primary N) is 1. The number of hydrogen-bond donors (Lipinski definition) is 1. The first-order valence-corrected chi connectivity index (χ1v) is 6.81. The van der Waals surface area contributed by atoms with E-state index >= 15 is 0 Å². The van der Waals surface area contributed by atoms with Gasteiger partial charge in [-0.25, -0.2) is 4.98 Å². The van der Waals surface area contributed by atoms with Crippen LogP contribution in [0, 0.1) is 0 Å². The lowest BCUT2D eigenvalue weighted by molar-refractivity contribution is 0.279. The van der Waals surface area contributed by atoms with E-state index < -0.39 is 0 Å². The SMILES string of the molecule is Nc1ccc(CN2CCc3ccccc3CC2)cn1. The molecule has 0 amide bonds. The van der Waals surface area contributed by atoms with Crippen LogP contribution in [-0.4, -0.2) is 23.0 Å². The summed E-state index contributed by atoms with van der Waals surface area (Å²) in [6.07, 6.45) is 4.16. The summed E-state index contributed by atoms with van der Waals surface area (Å²) >= 11 is 0. The van der Waals surface area contributed by atoms with Gasteiger partial charge in [0.25, 0.3) is 0 Å².